The van der Waals surface area contributed by atoms with Gasteiger partial charge in [0.15, 0.2) is 0 Å². The van der Waals surface area contributed by atoms with Gasteiger partial charge < -0.3 is 4.74 Å². The van der Waals surface area contributed by atoms with Gasteiger partial charge in [0.2, 0.25) is 0 Å². The van der Waals surface area contributed by atoms with E-state index in [0.29, 0.717) is 17.9 Å². The Morgan fingerprint density at radius 3 is 2.62 bits per heavy atom. The van der Waals surface area contributed by atoms with Crippen molar-refractivity contribution in [1.29, 1.82) is 0 Å². The molecule has 1 spiro atoms. The first kappa shape index (κ1) is 15.5. The number of halogens is 3. The molecule has 2 aromatic carbocycles. The molecule has 0 aromatic heterocycles. The van der Waals surface area contributed by atoms with E-state index in [2.05, 4.69) is 17.0 Å². The van der Waals surface area contributed by atoms with E-state index < -0.39 is 11.7 Å². The number of rotatable bonds is 2. The summed E-state index contributed by atoms with van der Waals surface area (Å²) in [7, 11) is 0. The van der Waals surface area contributed by atoms with Crippen molar-refractivity contribution in [1.82, 2.24) is 4.90 Å². The standard InChI is InChI=1S/C19H18F3NO/c20-19(21,22)15-6-7-17-16(10-15)18(13-24-17)8-9-23(12-18)11-14-4-2-1-3-5-14/h1-7,10H,8-9,11-13H2. The van der Waals surface area contributed by atoms with Crippen LogP contribution in [0.3, 0.4) is 0 Å². The molecule has 4 rings (SSSR count). The molecule has 2 aliphatic heterocycles. The molecule has 2 heterocycles. The third-order valence-corrected chi connectivity index (χ3v) is 5.06. The van der Waals surface area contributed by atoms with Crippen LogP contribution in [0.25, 0.3) is 0 Å². The Hall–Kier alpha value is -2.01. The van der Waals surface area contributed by atoms with E-state index >= 15 is 0 Å². The Morgan fingerprint density at radius 2 is 1.88 bits per heavy atom. The second-order valence-corrected chi connectivity index (χ2v) is 6.72. The molecule has 2 nitrogen and oxygen atoms in total. The van der Waals surface area contributed by atoms with Gasteiger partial charge >= 0.3 is 6.18 Å². The highest BCUT2D eigenvalue weighted by Crippen LogP contribution is 2.47. The van der Waals surface area contributed by atoms with Crippen LogP contribution >= 0.6 is 0 Å². The Bertz CT molecular complexity index is 744. The van der Waals surface area contributed by atoms with Gasteiger partial charge in [-0.15, -0.1) is 0 Å². The second-order valence-electron chi connectivity index (χ2n) is 6.72. The summed E-state index contributed by atoms with van der Waals surface area (Å²) in [5.41, 5.74) is 1.03. The highest BCUT2D eigenvalue weighted by Gasteiger charge is 2.47. The minimum atomic E-state index is -4.32. The number of likely N-dealkylation sites (tertiary alicyclic amines) is 1. The summed E-state index contributed by atoms with van der Waals surface area (Å²) in [6.07, 6.45) is -3.49. The summed E-state index contributed by atoms with van der Waals surface area (Å²) in [6, 6.07) is 14.0. The zero-order valence-electron chi connectivity index (χ0n) is 13.1. The molecule has 1 atom stereocenters. The molecular formula is C19H18F3NO. The molecule has 1 saturated heterocycles. The Balaban J connectivity index is 1.58. The number of ether oxygens (including phenoxy) is 1. The van der Waals surface area contributed by atoms with Crippen LogP contribution in [0.5, 0.6) is 5.75 Å². The van der Waals surface area contributed by atoms with E-state index in [1.54, 1.807) is 0 Å². The summed E-state index contributed by atoms with van der Waals surface area (Å²) < 4.78 is 44.8. The number of hydrogen-bond acceptors (Lipinski definition) is 2. The average molecular weight is 333 g/mol. The van der Waals surface area contributed by atoms with Gasteiger partial charge in [-0.25, -0.2) is 0 Å². The lowest BCUT2D eigenvalue weighted by atomic mass is 9.81. The second kappa shape index (κ2) is 5.52. The van der Waals surface area contributed by atoms with E-state index in [-0.39, 0.29) is 5.41 Å². The van der Waals surface area contributed by atoms with Crippen molar-refractivity contribution in [2.45, 2.75) is 24.6 Å². The smallest absolute Gasteiger partial charge is 0.416 e. The number of fused-ring (bicyclic) bond motifs is 2. The minimum Gasteiger partial charge on any atom is -0.492 e. The first-order valence-corrected chi connectivity index (χ1v) is 8.07. The number of nitrogens with zero attached hydrogens (tertiary/aromatic N) is 1. The first-order chi connectivity index (χ1) is 11.5. The van der Waals surface area contributed by atoms with E-state index in [1.165, 1.54) is 17.7 Å². The van der Waals surface area contributed by atoms with Gasteiger partial charge in [-0.05, 0) is 36.7 Å². The van der Waals surface area contributed by atoms with E-state index in [4.69, 9.17) is 4.74 Å². The summed E-state index contributed by atoms with van der Waals surface area (Å²) in [5, 5.41) is 0. The summed E-state index contributed by atoms with van der Waals surface area (Å²) in [5.74, 6) is 0.601. The lowest BCUT2D eigenvalue weighted by Crippen LogP contribution is -2.32. The van der Waals surface area contributed by atoms with Crippen LogP contribution in [0.1, 0.15) is 23.1 Å². The summed E-state index contributed by atoms with van der Waals surface area (Å²) in [4.78, 5) is 2.30. The molecule has 0 N–H and O–H groups in total. The van der Waals surface area contributed by atoms with Crippen LogP contribution in [0, 0.1) is 0 Å². The third kappa shape index (κ3) is 2.67. The zero-order valence-corrected chi connectivity index (χ0v) is 13.1. The maximum atomic E-state index is 13.0. The van der Waals surface area contributed by atoms with Crippen molar-refractivity contribution in [3.63, 3.8) is 0 Å². The summed E-state index contributed by atoms with van der Waals surface area (Å²) >= 11 is 0. The van der Waals surface area contributed by atoms with Gasteiger partial charge in [-0.2, -0.15) is 13.2 Å². The molecular weight excluding hydrogens is 315 g/mol. The maximum absolute atomic E-state index is 13.0. The van der Waals surface area contributed by atoms with Gasteiger partial charge in [0.1, 0.15) is 5.75 Å². The molecule has 0 amide bonds. The van der Waals surface area contributed by atoms with E-state index in [9.17, 15) is 13.2 Å². The molecule has 5 heteroatoms. The van der Waals surface area contributed by atoms with Crippen LogP contribution in [0.15, 0.2) is 48.5 Å². The Labute approximate surface area is 138 Å². The lowest BCUT2D eigenvalue weighted by Gasteiger charge is -2.23. The van der Waals surface area contributed by atoms with E-state index in [0.717, 1.165) is 32.1 Å². The normalized spacial score (nSPS) is 23.5. The molecule has 0 saturated carbocycles. The molecule has 0 aliphatic carbocycles. The Morgan fingerprint density at radius 1 is 1.08 bits per heavy atom. The number of alkyl halides is 3. The first-order valence-electron chi connectivity index (χ1n) is 8.07. The van der Waals surface area contributed by atoms with Crippen molar-refractivity contribution in [2.24, 2.45) is 0 Å². The van der Waals surface area contributed by atoms with Crippen LogP contribution in [-0.4, -0.2) is 24.6 Å². The maximum Gasteiger partial charge on any atom is 0.416 e. The predicted octanol–water partition coefficient (Wildman–Crippen LogP) is 4.24. The Kier molecular flexibility index (Phi) is 3.57. The number of benzene rings is 2. The molecule has 2 aromatic rings. The van der Waals surface area contributed by atoms with Crippen molar-refractivity contribution in [2.75, 3.05) is 19.7 Å². The average Bonchev–Trinajstić information content (AvgIpc) is 3.13. The van der Waals surface area contributed by atoms with Crippen molar-refractivity contribution >= 4 is 0 Å². The van der Waals surface area contributed by atoms with E-state index in [1.807, 2.05) is 18.2 Å². The van der Waals surface area contributed by atoms with Gasteiger partial charge in [0, 0.05) is 24.1 Å². The molecule has 24 heavy (non-hydrogen) atoms. The van der Waals surface area contributed by atoms with Crippen LogP contribution < -0.4 is 4.74 Å². The van der Waals surface area contributed by atoms with Crippen molar-refractivity contribution in [3.8, 4) is 5.75 Å². The summed E-state index contributed by atoms with van der Waals surface area (Å²) in [6.45, 7) is 2.88. The molecule has 0 radical (unpaired) electrons. The highest BCUT2D eigenvalue weighted by atomic mass is 19.4. The van der Waals surface area contributed by atoms with Crippen LogP contribution in [0.4, 0.5) is 13.2 Å². The number of hydrogen-bond donors (Lipinski definition) is 0. The van der Waals surface area contributed by atoms with Crippen molar-refractivity contribution in [3.05, 3.63) is 65.2 Å². The zero-order chi connectivity index (χ0) is 16.8. The fourth-order valence-corrected chi connectivity index (χ4v) is 3.81. The topological polar surface area (TPSA) is 12.5 Å². The third-order valence-electron chi connectivity index (χ3n) is 5.06. The SMILES string of the molecule is FC(F)(F)c1ccc2c(c1)C1(CCN(Cc3ccccc3)C1)CO2. The van der Waals surface area contributed by atoms with Gasteiger partial charge in [-0.3, -0.25) is 4.90 Å². The van der Waals surface area contributed by atoms with Crippen LogP contribution in [0.2, 0.25) is 0 Å². The molecule has 1 unspecified atom stereocenters. The predicted molar refractivity (Wildman–Crippen MR) is 85.0 cm³/mol. The molecule has 1 fully saturated rings. The fourth-order valence-electron chi connectivity index (χ4n) is 3.81. The minimum absolute atomic E-state index is 0.314. The fraction of sp³-hybridized carbons (Fsp3) is 0.368. The quantitative estimate of drug-likeness (QED) is 0.815. The van der Waals surface area contributed by atoms with Crippen LogP contribution in [-0.2, 0) is 18.1 Å². The monoisotopic (exact) mass is 333 g/mol. The van der Waals surface area contributed by atoms with Gasteiger partial charge in [0.25, 0.3) is 0 Å². The van der Waals surface area contributed by atoms with Gasteiger partial charge in [0.05, 0.1) is 12.2 Å². The molecule has 0 bridgehead atoms. The highest BCUT2D eigenvalue weighted by molar-refractivity contribution is 5.47. The molecule has 2 aliphatic rings. The lowest BCUT2D eigenvalue weighted by molar-refractivity contribution is -0.137. The van der Waals surface area contributed by atoms with Gasteiger partial charge in [-0.1, -0.05) is 30.3 Å². The molecule has 126 valence electrons. The largest absolute Gasteiger partial charge is 0.492 e. The van der Waals surface area contributed by atoms with Crippen molar-refractivity contribution < 1.29 is 17.9 Å².